The van der Waals surface area contributed by atoms with Gasteiger partial charge in [0, 0.05) is 29.5 Å². The third-order valence-electron chi connectivity index (χ3n) is 6.31. The Morgan fingerprint density at radius 3 is 2.35 bits per heavy atom. The summed E-state index contributed by atoms with van der Waals surface area (Å²) < 4.78 is 19.1. The molecule has 1 aliphatic heterocycles. The first-order chi connectivity index (χ1) is 18.0. The fraction of sp³-hybridized carbons (Fsp3) is 0.357. The van der Waals surface area contributed by atoms with Gasteiger partial charge in [0.25, 0.3) is 5.91 Å². The minimum absolute atomic E-state index is 0.0524. The Bertz CT molecular complexity index is 1140. The van der Waals surface area contributed by atoms with Crippen molar-refractivity contribution in [2.45, 2.75) is 25.9 Å². The van der Waals surface area contributed by atoms with E-state index in [1.54, 1.807) is 57.5 Å². The summed E-state index contributed by atoms with van der Waals surface area (Å²) >= 11 is 7.51. The Hall–Kier alpha value is -2.94. The second-order valence-corrected chi connectivity index (χ2v) is 10.5. The maximum absolute atomic E-state index is 13.6. The zero-order valence-electron chi connectivity index (χ0n) is 20.7. The van der Waals surface area contributed by atoms with Crippen LogP contribution in [0.1, 0.15) is 23.3 Å². The van der Waals surface area contributed by atoms with Gasteiger partial charge in [0.15, 0.2) is 6.61 Å². The SMILES string of the molecule is O=C(COc1ccc(Cl)cc1)N(CCN1CCCC1)CC(=O)N(Cc1ccc(F)cc1)Cc1cccs1. The standard InChI is InChI=1S/C28H31ClFN3O3S/c29-23-7-11-25(12-8-23)36-21-28(35)32(16-15-31-13-1-2-14-31)20-27(34)33(19-26-4-3-17-37-26)18-22-5-9-24(30)10-6-22/h3-12,17H,1-2,13-16,18-21H2. The third-order valence-corrected chi connectivity index (χ3v) is 7.42. The summed E-state index contributed by atoms with van der Waals surface area (Å²) in [6, 6.07) is 16.9. The second kappa shape index (κ2) is 13.6. The maximum Gasteiger partial charge on any atom is 0.261 e. The highest BCUT2D eigenvalue weighted by Crippen LogP contribution is 2.17. The lowest BCUT2D eigenvalue weighted by Gasteiger charge is -2.29. The molecule has 2 aromatic carbocycles. The van der Waals surface area contributed by atoms with E-state index in [1.807, 2.05) is 17.5 Å². The zero-order valence-corrected chi connectivity index (χ0v) is 22.2. The fourth-order valence-electron chi connectivity index (χ4n) is 4.22. The minimum Gasteiger partial charge on any atom is -0.484 e. The summed E-state index contributed by atoms with van der Waals surface area (Å²) in [6.07, 6.45) is 2.30. The lowest BCUT2D eigenvalue weighted by atomic mass is 10.2. The van der Waals surface area contributed by atoms with Gasteiger partial charge in [-0.2, -0.15) is 0 Å². The van der Waals surface area contributed by atoms with Crippen LogP contribution in [-0.2, 0) is 22.7 Å². The average molecular weight is 544 g/mol. The normalized spacial score (nSPS) is 13.5. The molecule has 0 saturated carbocycles. The van der Waals surface area contributed by atoms with Gasteiger partial charge in [-0.3, -0.25) is 9.59 Å². The lowest BCUT2D eigenvalue weighted by Crippen LogP contribution is -2.46. The van der Waals surface area contributed by atoms with Crippen LogP contribution in [0.25, 0.3) is 0 Å². The number of hydrogen-bond acceptors (Lipinski definition) is 5. The van der Waals surface area contributed by atoms with Crippen molar-refractivity contribution in [3.05, 3.63) is 87.3 Å². The van der Waals surface area contributed by atoms with Crippen LogP contribution < -0.4 is 4.74 Å². The van der Waals surface area contributed by atoms with E-state index in [0.717, 1.165) is 36.4 Å². The molecule has 1 fully saturated rings. The summed E-state index contributed by atoms with van der Waals surface area (Å²) in [5.41, 5.74) is 0.826. The van der Waals surface area contributed by atoms with Gasteiger partial charge in [0.2, 0.25) is 5.91 Å². The predicted octanol–water partition coefficient (Wildman–Crippen LogP) is 5.07. The largest absolute Gasteiger partial charge is 0.484 e. The van der Waals surface area contributed by atoms with E-state index in [1.165, 1.54) is 12.1 Å². The number of rotatable bonds is 12. The molecule has 0 atom stereocenters. The molecule has 3 aromatic rings. The first kappa shape index (κ1) is 27.1. The van der Waals surface area contributed by atoms with Gasteiger partial charge < -0.3 is 19.4 Å². The zero-order chi connectivity index (χ0) is 26.0. The van der Waals surface area contributed by atoms with Crippen molar-refractivity contribution in [1.29, 1.82) is 0 Å². The Morgan fingerprint density at radius 2 is 1.68 bits per heavy atom. The number of carbonyl (C=O) groups excluding carboxylic acids is 2. The first-order valence-corrected chi connectivity index (χ1v) is 13.6. The summed E-state index contributed by atoms with van der Waals surface area (Å²) in [6.45, 7) is 3.69. The number of ether oxygens (including phenoxy) is 1. The van der Waals surface area contributed by atoms with Crippen molar-refractivity contribution in [3.8, 4) is 5.75 Å². The van der Waals surface area contributed by atoms with Crippen LogP contribution in [0.5, 0.6) is 5.75 Å². The van der Waals surface area contributed by atoms with Crippen LogP contribution in [0.15, 0.2) is 66.0 Å². The van der Waals surface area contributed by atoms with Gasteiger partial charge in [0.05, 0.1) is 13.1 Å². The predicted molar refractivity (Wildman–Crippen MR) is 144 cm³/mol. The summed E-state index contributed by atoms with van der Waals surface area (Å²) in [5, 5.41) is 2.55. The molecule has 0 N–H and O–H groups in total. The number of thiophene rings is 1. The summed E-state index contributed by atoms with van der Waals surface area (Å²) in [4.78, 5) is 33.4. The number of carbonyl (C=O) groups is 2. The van der Waals surface area contributed by atoms with Crippen molar-refractivity contribution >= 4 is 34.8 Å². The monoisotopic (exact) mass is 543 g/mol. The molecule has 1 aromatic heterocycles. The maximum atomic E-state index is 13.6. The van der Waals surface area contributed by atoms with Crippen LogP contribution >= 0.6 is 22.9 Å². The van der Waals surface area contributed by atoms with Gasteiger partial charge in [-0.1, -0.05) is 29.8 Å². The van der Waals surface area contributed by atoms with Crippen LogP contribution in [0.2, 0.25) is 5.02 Å². The van der Waals surface area contributed by atoms with Gasteiger partial charge in [-0.15, -0.1) is 11.3 Å². The molecule has 4 rings (SSSR count). The molecule has 0 bridgehead atoms. The lowest BCUT2D eigenvalue weighted by molar-refractivity contribution is -0.142. The molecule has 0 unspecified atom stereocenters. The molecule has 1 aliphatic rings. The second-order valence-electron chi connectivity index (χ2n) is 9.06. The number of nitrogens with zero attached hydrogens (tertiary/aromatic N) is 3. The molecule has 2 amide bonds. The number of benzene rings is 2. The number of halogens is 2. The van der Waals surface area contributed by atoms with Gasteiger partial charge in [0.1, 0.15) is 11.6 Å². The van der Waals surface area contributed by atoms with Crippen LogP contribution in [-0.4, -0.2) is 65.8 Å². The van der Waals surface area contributed by atoms with E-state index in [9.17, 15) is 14.0 Å². The average Bonchev–Trinajstić information content (AvgIpc) is 3.61. The summed E-state index contributed by atoms with van der Waals surface area (Å²) in [5.74, 6) is -0.196. The quantitative estimate of drug-likeness (QED) is 0.320. The molecule has 9 heteroatoms. The van der Waals surface area contributed by atoms with Gasteiger partial charge >= 0.3 is 0 Å². The van der Waals surface area contributed by atoms with E-state index in [-0.39, 0.29) is 30.8 Å². The van der Waals surface area contributed by atoms with Crippen molar-refractivity contribution in [2.75, 3.05) is 39.3 Å². The van der Waals surface area contributed by atoms with Crippen LogP contribution in [0, 0.1) is 5.82 Å². The molecule has 6 nitrogen and oxygen atoms in total. The third kappa shape index (κ3) is 8.55. The smallest absolute Gasteiger partial charge is 0.261 e. The molecule has 1 saturated heterocycles. The Labute approximate surface area is 226 Å². The topological polar surface area (TPSA) is 53.1 Å². The highest BCUT2D eigenvalue weighted by molar-refractivity contribution is 7.09. The molecule has 37 heavy (non-hydrogen) atoms. The number of likely N-dealkylation sites (tertiary alicyclic amines) is 1. The van der Waals surface area contributed by atoms with E-state index < -0.39 is 0 Å². The fourth-order valence-corrected chi connectivity index (χ4v) is 5.07. The Kier molecular flexibility index (Phi) is 9.93. The van der Waals surface area contributed by atoms with E-state index in [2.05, 4.69) is 4.90 Å². The summed E-state index contributed by atoms with van der Waals surface area (Å²) in [7, 11) is 0. The van der Waals surface area contributed by atoms with Crippen molar-refractivity contribution in [3.63, 3.8) is 0 Å². The number of amides is 2. The Morgan fingerprint density at radius 1 is 0.946 bits per heavy atom. The van der Waals surface area contributed by atoms with Crippen LogP contribution in [0.3, 0.4) is 0 Å². The first-order valence-electron chi connectivity index (χ1n) is 12.4. The Balaban J connectivity index is 1.45. The van der Waals surface area contributed by atoms with Crippen molar-refractivity contribution in [2.24, 2.45) is 0 Å². The highest BCUT2D eigenvalue weighted by Gasteiger charge is 2.24. The number of hydrogen-bond donors (Lipinski definition) is 0. The molecular weight excluding hydrogens is 513 g/mol. The van der Waals surface area contributed by atoms with Crippen molar-refractivity contribution < 1.29 is 18.7 Å². The van der Waals surface area contributed by atoms with Crippen LogP contribution in [0.4, 0.5) is 4.39 Å². The van der Waals surface area contributed by atoms with Crippen molar-refractivity contribution in [1.82, 2.24) is 14.7 Å². The van der Waals surface area contributed by atoms with Gasteiger partial charge in [-0.05, 0) is 79.3 Å². The minimum atomic E-state index is -0.320. The van der Waals surface area contributed by atoms with Gasteiger partial charge in [-0.25, -0.2) is 4.39 Å². The molecule has 0 radical (unpaired) electrons. The molecule has 196 valence electrons. The van der Waals surface area contributed by atoms with E-state index in [0.29, 0.717) is 37.0 Å². The highest BCUT2D eigenvalue weighted by atomic mass is 35.5. The molecule has 0 spiro atoms. The van der Waals surface area contributed by atoms with E-state index in [4.69, 9.17) is 16.3 Å². The molecular formula is C28H31ClFN3O3S. The van der Waals surface area contributed by atoms with E-state index >= 15 is 0 Å². The molecule has 2 heterocycles. The molecule has 0 aliphatic carbocycles.